The van der Waals surface area contributed by atoms with Crippen LogP contribution in [0.1, 0.15) is 26.7 Å². The molecular weight excluding hydrogens is 264 g/mol. The summed E-state index contributed by atoms with van der Waals surface area (Å²) in [5.41, 5.74) is -1.17. The van der Waals surface area contributed by atoms with Crippen molar-refractivity contribution in [1.82, 2.24) is 20.1 Å². The van der Waals surface area contributed by atoms with Crippen LogP contribution in [0.3, 0.4) is 0 Å². The van der Waals surface area contributed by atoms with E-state index in [2.05, 4.69) is 29.2 Å². The number of aromatic nitrogens is 3. The van der Waals surface area contributed by atoms with Crippen LogP contribution in [0, 0.1) is 5.41 Å². The van der Waals surface area contributed by atoms with Gasteiger partial charge in [0.05, 0.1) is 0 Å². The lowest BCUT2D eigenvalue weighted by atomic mass is 9.87. The molecule has 1 aromatic rings. The van der Waals surface area contributed by atoms with Crippen LogP contribution in [0.15, 0.2) is 14.7 Å². The maximum absolute atomic E-state index is 11.3. The zero-order valence-corrected chi connectivity index (χ0v) is 12.5. The summed E-state index contributed by atoms with van der Waals surface area (Å²) in [6, 6.07) is 0.362. The first kappa shape index (κ1) is 14.3. The Labute approximate surface area is 116 Å². The molecule has 7 heteroatoms. The van der Waals surface area contributed by atoms with Crippen LogP contribution in [0.25, 0.3) is 0 Å². The maximum Gasteiger partial charge on any atom is 0.339 e. The van der Waals surface area contributed by atoms with Gasteiger partial charge in [0, 0.05) is 18.3 Å². The van der Waals surface area contributed by atoms with Crippen LogP contribution >= 0.6 is 11.8 Å². The minimum absolute atomic E-state index is 0.230. The third-order valence-electron chi connectivity index (χ3n) is 3.80. The second-order valence-corrected chi connectivity index (χ2v) is 6.86. The summed E-state index contributed by atoms with van der Waals surface area (Å²) in [4.78, 5) is 26.4. The molecule has 0 radical (unpaired) electrons. The molecule has 0 bridgehead atoms. The summed E-state index contributed by atoms with van der Waals surface area (Å²) in [5, 5.41) is 6.75. The van der Waals surface area contributed by atoms with Gasteiger partial charge in [-0.15, -0.1) is 0 Å². The van der Waals surface area contributed by atoms with E-state index in [0.29, 0.717) is 16.4 Å². The molecule has 1 heterocycles. The quantitative estimate of drug-likeness (QED) is 0.782. The number of hydrogen-bond donors (Lipinski definition) is 2. The number of aromatic amines is 1. The van der Waals surface area contributed by atoms with E-state index in [9.17, 15) is 9.59 Å². The van der Waals surface area contributed by atoms with Gasteiger partial charge in [0.1, 0.15) is 0 Å². The summed E-state index contributed by atoms with van der Waals surface area (Å²) < 4.78 is 1.52. The highest BCUT2D eigenvalue weighted by Gasteiger charge is 2.41. The normalized spacial score (nSPS) is 25.7. The van der Waals surface area contributed by atoms with Gasteiger partial charge in [0.15, 0.2) is 5.16 Å². The van der Waals surface area contributed by atoms with Gasteiger partial charge in [0.25, 0.3) is 0 Å². The maximum atomic E-state index is 11.3. The van der Waals surface area contributed by atoms with Gasteiger partial charge >= 0.3 is 11.1 Å². The van der Waals surface area contributed by atoms with Gasteiger partial charge in [-0.25, -0.2) is 0 Å². The highest BCUT2D eigenvalue weighted by molar-refractivity contribution is 7.99. The smallest absolute Gasteiger partial charge is 0.315 e. The molecule has 1 fully saturated rings. The summed E-state index contributed by atoms with van der Waals surface area (Å²) in [7, 11) is 3.66. The van der Waals surface area contributed by atoms with E-state index in [4.69, 9.17) is 0 Å². The molecule has 106 valence electrons. The molecule has 1 saturated carbocycles. The van der Waals surface area contributed by atoms with E-state index in [1.807, 2.05) is 7.05 Å². The van der Waals surface area contributed by atoms with Gasteiger partial charge < -0.3 is 5.32 Å². The van der Waals surface area contributed by atoms with E-state index in [-0.39, 0.29) is 5.41 Å². The standard InChI is InChI=1S/C12H20N4O2S/c1-12(2)6-5-7(8(12)13-3)19-11-14-9(17)10(18)15-16(11)4/h7-8,13H,5-6H2,1-4H3,(H,15,18). The Morgan fingerprint density at radius 3 is 2.79 bits per heavy atom. The molecule has 1 aliphatic rings. The molecule has 19 heavy (non-hydrogen) atoms. The first-order valence-electron chi connectivity index (χ1n) is 6.36. The van der Waals surface area contributed by atoms with Crippen molar-refractivity contribution in [1.29, 1.82) is 0 Å². The second-order valence-electron chi connectivity index (χ2n) is 5.65. The zero-order valence-electron chi connectivity index (χ0n) is 11.7. The number of hydrogen-bond acceptors (Lipinski definition) is 5. The van der Waals surface area contributed by atoms with Crippen molar-refractivity contribution < 1.29 is 0 Å². The number of rotatable bonds is 3. The number of nitrogens with one attached hydrogen (secondary N) is 2. The van der Waals surface area contributed by atoms with E-state index in [1.165, 1.54) is 4.68 Å². The highest BCUT2D eigenvalue weighted by atomic mass is 32.2. The van der Waals surface area contributed by atoms with Crippen LogP contribution in [-0.4, -0.2) is 33.1 Å². The lowest BCUT2D eigenvalue weighted by molar-refractivity contribution is 0.300. The fourth-order valence-electron chi connectivity index (χ4n) is 2.74. The van der Waals surface area contributed by atoms with Gasteiger partial charge in [-0.1, -0.05) is 25.6 Å². The molecule has 6 nitrogen and oxygen atoms in total. The van der Waals surface area contributed by atoms with Crippen molar-refractivity contribution in [2.75, 3.05) is 7.05 Å². The summed E-state index contributed by atoms with van der Waals surface area (Å²) >= 11 is 1.55. The first-order valence-corrected chi connectivity index (χ1v) is 7.24. The Kier molecular flexibility index (Phi) is 3.87. The molecule has 1 aliphatic carbocycles. The lowest BCUT2D eigenvalue weighted by Crippen LogP contribution is -2.41. The van der Waals surface area contributed by atoms with Crippen molar-refractivity contribution in [2.24, 2.45) is 12.5 Å². The number of thioether (sulfide) groups is 1. The number of nitrogens with zero attached hydrogens (tertiary/aromatic N) is 2. The van der Waals surface area contributed by atoms with Crippen LogP contribution in [0.4, 0.5) is 0 Å². The third-order valence-corrected chi connectivity index (χ3v) is 5.19. The first-order chi connectivity index (χ1) is 8.85. The van der Waals surface area contributed by atoms with Gasteiger partial charge in [-0.05, 0) is 25.3 Å². The average Bonchev–Trinajstić information content (AvgIpc) is 2.61. The van der Waals surface area contributed by atoms with Crippen LogP contribution in [0.2, 0.25) is 0 Å². The molecule has 0 saturated heterocycles. The van der Waals surface area contributed by atoms with Crippen LogP contribution in [-0.2, 0) is 7.05 Å². The van der Waals surface area contributed by atoms with Crippen LogP contribution in [0.5, 0.6) is 0 Å². The van der Waals surface area contributed by atoms with Crippen molar-refractivity contribution in [3.8, 4) is 0 Å². The second kappa shape index (κ2) is 5.13. The van der Waals surface area contributed by atoms with Crippen molar-refractivity contribution in [3.05, 3.63) is 20.7 Å². The topological polar surface area (TPSA) is 79.8 Å². The predicted molar refractivity (Wildman–Crippen MR) is 75.6 cm³/mol. The Hall–Kier alpha value is -1.08. The van der Waals surface area contributed by atoms with E-state index >= 15 is 0 Å². The number of aryl methyl sites for hydroxylation is 1. The minimum Gasteiger partial charge on any atom is -0.315 e. The molecule has 0 amide bonds. The Morgan fingerprint density at radius 2 is 2.16 bits per heavy atom. The van der Waals surface area contributed by atoms with Gasteiger partial charge in [-0.2, -0.15) is 4.98 Å². The van der Waals surface area contributed by atoms with Gasteiger partial charge in [-0.3, -0.25) is 19.4 Å². The summed E-state index contributed by atoms with van der Waals surface area (Å²) in [6.07, 6.45) is 2.20. The van der Waals surface area contributed by atoms with Crippen LogP contribution < -0.4 is 16.4 Å². The molecule has 0 aromatic carbocycles. The number of H-pyrrole nitrogens is 1. The Bertz CT molecular complexity index is 578. The molecule has 0 aliphatic heterocycles. The summed E-state index contributed by atoms with van der Waals surface area (Å²) in [5.74, 6) is 0. The Morgan fingerprint density at radius 1 is 1.47 bits per heavy atom. The largest absolute Gasteiger partial charge is 0.339 e. The van der Waals surface area contributed by atoms with Crippen molar-refractivity contribution in [3.63, 3.8) is 0 Å². The monoisotopic (exact) mass is 284 g/mol. The average molecular weight is 284 g/mol. The third kappa shape index (κ3) is 2.76. The Balaban J connectivity index is 2.25. The lowest BCUT2D eigenvalue weighted by Gasteiger charge is -2.30. The SMILES string of the molecule is CNC1C(Sc2nc(=O)c(=O)[nH]n2C)CCC1(C)C. The fraction of sp³-hybridized carbons (Fsp3) is 0.750. The molecule has 2 unspecified atom stereocenters. The molecule has 2 N–H and O–H groups in total. The molecule has 2 atom stereocenters. The predicted octanol–water partition coefficient (Wildman–Crippen LogP) is 0.337. The van der Waals surface area contributed by atoms with E-state index in [0.717, 1.165) is 12.8 Å². The molecule has 0 spiro atoms. The summed E-state index contributed by atoms with van der Waals surface area (Å²) in [6.45, 7) is 4.49. The zero-order chi connectivity index (χ0) is 14.2. The molecule has 2 rings (SSSR count). The van der Waals surface area contributed by atoms with E-state index < -0.39 is 11.1 Å². The van der Waals surface area contributed by atoms with E-state index in [1.54, 1.807) is 18.8 Å². The molecule has 1 aromatic heterocycles. The van der Waals surface area contributed by atoms with Crippen molar-refractivity contribution >= 4 is 11.8 Å². The highest BCUT2D eigenvalue weighted by Crippen LogP contribution is 2.44. The molecular formula is C12H20N4O2S. The minimum atomic E-state index is -0.723. The fourth-order valence-corrected chi connectivity index (χ4v) is 4.23. The van der Waals surface area contributed by atoms with Crippen molar-refractivity contribution in [2.45, 2.75) is 43.1 Å². The van der Waals surface area contributed by atoms with Gasteiger partial charge in [0.2, 0.25) is 0 Å².